The van der Waals surface area contributed by atoms with Gasteiger partial charge in [-0.3, -0.25) is 9.59 Å². The van der Waals surface area contributed by atoms with Crippen LogP contribution in [0.4, 0.5) is 0 Å². The molecule has 0 heterocycles. The monoisotopic (exact) mass is 1300 g/mol. The van der Waals surface area contributed by atoms with Gasteiger partial charge in [-0.2, -0.15) is 0 Å². The van der Waals surface area contributed by atoms with Crippen molar-refractivity contribution in [2.24, 2.45) is 0 Å². The molecule has 2 atom stereocenters. The predicted octanol–water partition coefficient (Wildman–Crippen LogP) is 28.3. The van der Waals surface area contributed by atoms with E-state index in [9.17, 15) is 19.8 Å². The minimum Gasteiger partial charge on any atom is -0.466 e. The van der Waals surface area contributed by atoms with Gasteiger partial charge in [0.2, 0.25) is 5.91 Å². The van der Waals surface area contributed by atoms with Crippen LogP contribution in [0, 0.1) is 0 Å². The van der Waals surface area contributed by atoms with Gasteiger partial charge >= 0.3 is 5.97 Å². The highest BCUT2D eigenvalue weighted by molar-refractivity contribution is 5.76. The highest BCUT2D eigenvalue weighted by Crippen LogP contribution is 2.20. The van der Waals surface area contributed by atoms with Crippen molar-refractivity contribution in [3.63, 3.8) is 0 Å². The smallest absolute Gasteiger partial charge is 0.305 e. The molecule has 1 amide bonds. The van der Waals surface area contributed by atoms with E-state index in [1.807, 2.05) is 6.08 Å². The Labute approximate surface area is 582 Å². The highest BCUT2D eigenvalue weighted by Gasteiger charge is 2.18. The van der Waals surface area contributed by atoms with E-state index in [1.165, 1.54) is 392 Å². The van der Waals surface area contributed by atoms with E-state index in [1.54, 1.807) is 6.08 Å². The second-order valence-electron chi connectivity index (χ2n) is 29.2. The third-order valence-electron chi connectivity index (χ3n) is 19.8. The standard InChI is InChI=1S/C87H165NO5/c1-3-5-7-9-11-13-15-17-19-21-22-44-48-51-55-59-63-67-71-75-79-85(90)84(83-89)88-86(91)80-76-72-68-64-60-56-52-49-45-42-40-38-36-34-32-30-28-26-24-23-25-27-29-31-33-35-37-39-41-43-46-50-54-58-62-66-70-74-78-82-93-87(92)81-77-73-69-65-61-57-53-47-20-18-16-14-12-10-8-6-4-2/h12,14,18,20,23-24,75,79,84-85,89-90H,3-11,13,15-17,19,21-22,25-74,76-78,80-83H2,1-2H3,(H,88,91)/b14-12-,20-18-,24-23-,79-75+. The van der Waals surface area contributed by atoms with Crippen molar-refractivity contribution < 1.29 is 24.5 Å². The van der Waals surface area contributed by atoms with Gasteiger partial charge in [-0.25, -0.2) is 0 Å². The van der Waals surface area contributed by atoms with E-state index in [0.717, 1.165) is 51.4 Å². The number of amides is 1. The van der Waals surface area contributed by atoms with Crippen molar-refractivity contribution in [1.29, 1.82) is 0 Å². The Hall–Kier alpha value is -2.18. The zero-order chi connectivity index (χ0) is 67.0. The van der Waals surface area contributed by atoms with Crippen LogP contribution in [-0.2, 0) is 14.3 Å². The molecule has 2 unspecified atom stereocenters. The molecule has 0 aromatic carbocycles. The molecule has 0 aromatic heterocycles. The fourth-order valence-corrected chi connectivity index (χ4v) is 13.4. The molecule has 0 saturated carbocycles. The summed E-state index contributed by atoms with van der Waals surface area (Å²) in [5, 5.41) is 23.3. The van der Waals surface area contributed by atoms with E-state index >= 15 is 0 Å². The van der Waals surface area contributed by atoms with Gasteiger partial charge in [-0.05, 0) is 89.9 Å². The summed E-state index contributed by atoms with van der Waals surface area (Å²) in [6.07, 6.45) is 110. The summed E-state index contributed by atoms with van der Waals surface area (Å²) in [5.74, 6) is -0.0442. The number of hydrogen-bond acceptors (Lipinski definition) is 5. The largest absolute Gasteiger partial charge is 0.466 e. The Morgan fingerprint density at radius 1 is 0.301 bits per heavy atom. The van der Waals surface area contributed by atoms with Gasteiger partial charge in [-0.15, -0.1) is 0 Å². The first-order chi connectivity index (χ1) is 46.0. The Morgan fingerprint density at radius 3 is 0.849 bits per heavy atom. The summed E-state index contributed by atoms with van der Waals surface area (Å²) in [6, 6.07) is -0.626. The Bertz CT molecular complexity index is 1550. The van der Waals surface area contributed by atoms with Gasteiger partial charge in [-0.1, -0.05) is 416 Å². The van der Waals surface area contributed by atoms with Crippen LogP contribution < -0.4 is 5.32 Å². The molecule has 3 N–H and O–H groups in total. The van der Waals surface area contributed by atoms with E-state index in [0.29, 0.717) is 19.4 Å². The molecule has 6 nitrogen and oxygen atoms in total. The molecular weight excluding hydrogens is 1140 g/mol. The van der Waals surface area contributed by atoms with Crippen LogP contribution in [0.1, 0.15) is 470 Å². The molecule has 0 spiro atoms. The lowest BCUT2D eigenvalue weighted by atomic mass is 10.0. The lowest BCUT2D eigenvalue weighted by molar-refractivity contribution is -0.143. The van der Waals surface area contributed by atoms with Crippen molar-refractivity contribution in [3.05, 3.63) is 48.6 Å². The van der Waals surface area contributed by atoms with Crippen LogP contribution in [0.25, 0.3) is 0 Å². The van der Waals surface area contributed by atoms with Crippen molar-refractivity contribution in [3.8, 4) is 0 Å². The number of carbonyl (C=O) groups excluding carboxylic acids is 2. The van der Waals surface area contributed by atoms with Crippen LogP contribution in [-0.4, -0.2) is 47.4 Å². The minimum absolute atomic E-state index is 0.0151. The summed E-state index contributed by atoms with van der Waals surface area (Å²) in [7, 11) is 0. The fraction of sp³-hybridized carbons (Fsp3) is 0.885. The number of carbonyl (C=O) groups is 2. The number of aliphatic hydroxyl groups is 2. The third kappa shape index (κ3) is 78.7. The van der Waals surface area contributed by atoms with E-state index in [2.05, 4.69) is 55.6 Å². The summed E-state index contributed by atoms with van der Waals surface area (Å²) in [6.45, 7) is 4.93. The third-order valence-corrected chi connectivity index (χ3v) is 19.8. The first kappa shape index (κ1) is 90.8. The minimum atomic E-state index is -0.843. The number of ether oxygens (including phenoxy) is 1. The molecule has 0 fully saturated rings. The number of esters is 1. The molecule has 93 heavy (non-hydrogen) atoms. The molecule has 0 aliphatic rings. The molecular formula is C87H165NO5. The van der Waals surface area contributed by atoms with Crippen LogP contribution in [0.3, 0.4) is 0 Å². The van der Waals surface area contributed by atoms with Crippen molar-refractivity contribution in [2.45, 2.75) is 482 Å². The number of hydrogen-bond donors (Lipinski definition) is 3. The Balaban J connectivity index is 3.34. The summed E-state index contributed by atoms with van der Waals surface area (Å²) < 4.78 is 5.51. The predicted molar refractivity (Wildman–Crippen MR) is 412 cm³/mol. The van der Waals surface area contributed by atoms with Crippen LogP contribution in [0.15, 0.2) is 48.6 Å². The van der Waals surface area contributed by atoms with Crippen molar-refractivity contribution in [2.75, 3.05) is 13.2 Å². The molecule has 0 aromatic rings. The van der Waals surface area contributed by atoms with E-state index < -0.39 is 12.1 Å². The lowest BCUT2D eigenvalue weighted by Crippen LogP contribution is -2.45. The quantitative estimate of drug-likeness (QED) is 0.0320. The molecule has 0 aliphatic carbocycles. The first-order valence-electron chi connectivity index (χ1n) is 42.4. The maximum Gasteiger partial charge on any atom is 0.305 e. The first-order valence-corrected chi connectivity index (χ1v) is 42.4. The van der Waals surface area contributed by atoms with Gasteiger partial charge in [0.1, 0.15) is 0 Å². The molecule has 548 valence electrons. The topological polar surface area (TPSA) is 95.9 Å². The fourth-order valence-electron chi connectivity index (χ4n) is 13.4. The Kier molecular flexibility index (Phi) is 80.3. The number of aliphatic hydroxyl groups excluding tert-OH is 2. The summed E-state index contributed by atoms with van der Waals surface area (Å²) in [4.78, 5) is 24.7. The van der Waals surface area contributed by atoms with Crippen LogP contribution in [0.5, 0.6) is 0 Å². The second-order valence-corrected chi connectivity index (χ2v) is 29.2. The molecule has 0 saturated heterocycles. The van der Waals surface area contributed by atoms with Gasteiger partial charge in [0.05, 0.1) is 25.4 Å². The zero-order valence-corrected chi connectivity index (χ0v) is 63.0. The van der Waals surface area contributed by atoms with Gasteiger partial charge in [0.25, 0.3) is 0 Å². The molecule has 0 rings (SSSR count). The lowest BCUT2D eigenvalue weighted by Gasteiger charge is -2.20. The molecule has 0 bridgehead atoms. The SMILES string of the molecule is CCCCC/C=C\C/C=C\CCCCCCCCCC(=O)OCCCCCCCCCCCCCCCCCCCC/C=C\CCCCCCCCCCCCCCCCCCCC(=O)NC(CO)C(O)/C=C/CCCCCCCCCCCCCCCCCCCC. The van der Waals surface area contributed by atoms with Crippen LogP contribution in [0.2, 0.25) is 0 Å². The van der Waals surface area contributed by atoms with E-state index in [4.69, 9.17) is 4.74 Å². The molecule has 0 radical (unpaired) electrons. The average Bonchev–Trinajstić information content (AvgIpc) is 3.78. The van der Waals surface area contributed by atoms with Gasteiger partial charge < -0.3 is 20.3 Å². The normalized spacial score (nSPS) is 12.7. The second kappa shape index (κ2) is 82.2. The maximum absolute atomic E-state index is 12.5. The van der Waals surface area contributed by atoms with E-state index in [-0.39, 0.29) is 18.5 Å². The molecule has 6 heteroatoms. The summed E-state index contributed by atoms with van der Waals surface area (Å²) in [5.41, 5.74) is 0. The Morgan fingerprint density at radius 2 is 0.538 bits per heavy atom. The van der Waals surface area contributed by atoms with Crippen molar-refractivity contribution in [1.82, 2.24) is 5.32 Å². The highest BCUT2D eigenvalue weighted by atomic mass is 16.5. The molecule has 0 aliphatic heterocycles. The van der Waals surface area contributed by atoms with Crippen LogP contribution >= 0.6 is 0 Å². The number of unbranched alkanes of at least 4 members (excludes halogenated alkanes) is 63. The summed E-state index contributed by atoms with van der Waals surface area (Å²) >= 11 is 0. The number of allylic oxidation sites excluding steroid dienone is 7. The average molecular weight is 1310 g/mol. The number of nitrogens with one attached hydrogen (secondary N) is 1. The maximum atomic E-state index is 12.5. The van der Waals surface area contributed by atoms with Crippen molar-refractivity contribution >= 4 is 11.9 Å². The zero-order valence-electron chi connectivity index (χ0n) is 63.0. The van der Waals surface area contributed by atoms with Gasteiger partial charge in [0.15, 0.2) is 0 Å². The van der Waals surface area contributed by atoms with Gasteiger partial charge in [0, 0.05) is 12.8 Å². The number of rotatable bonds is 80.